The molecule has 1 fully saturated rings. The van der Waals surface area contributed by atoms with E-state index in [1.54, 1.807) is 0 Å². The van der Waals surface area contributed by atoms with Gasteiger partial charge in [-0.05, 0) is 48.4 Å². The number of hydrogen-bond acceptors (Lipinski definition) is 5. The van der Waals surface area contributed by atoms with Gasteiger partial charge in [-0.25, -0.2) is 14.8 Å². The largest absolute Gasteiger partial charge is 0.489 e. The van der Waals surface area contributed by atoms with Crippen LogP contribution in [-0.2, 0) is 6.61 Å². The topological polar surface area (TPSA) is 107 Å². The van der Waals surface area contributed by atoms with Crippen LogP contribution in [0.25, 0.3) is 22.2 Å². The van der Waals surface area contributed by atoms with Crippen molar-refractivity contribution >= 4 is 22.9 Å². The Hall–Kier alpha value is -4.07. The first-order valence-corrected chi connectivity index (χ1v) is 13.0. The van der Waals surface area contributed by atoms with Crippen LogP contribution in [-0.4, -0.2) is 33.7 Å². The number of nitrogen functional groups attached to an aromatic ring is 1. The Morgan fingerprint density at radius 3 is 2.76 bits per heavy atom. The molecule has 2 aromatic heterocycles. The molecule has 4 aromatic rings. The lowest BCUT2D eigenvalue weighted by Gasteiger charge is -2.36. The van der Waals surface area contributed by atoms with Crippen molar-refractivity contribution in [1.82, 2.24) is 25.2 Å². The highest BCUT2D eigenvalue weighted by atomic mass is 16.5. The second-order valence-electron chi connectivity index (χ2n) is 9.69. The number of benzene rings is 2. The first-order valence-electron chi connectivity index (χ1n) is 13.0. The summed E-state index contributed by atoms with van der Waals surface area (Å²) in [5, 5.41) is 6.77. The minimum Gasteiger partial charge on any atom is -0.489 e. The number of unbranched alkanes of at least 4 members (excludes halogenated alkanes) is 1. The van der Waals surface area contributed by atoms with Crippen LogP contribution in [0.3, 0.4) is 0 Å². The number of fused-ring (bicyclic) bond motifs is 1. The minimum atomic E-state index is -0.0829. The van der Waals surface area contributed by atoms with Crippen LogP contribution in [0.5, 0.6) is 5.75 Å². The molecule has 5 rings (SSSR count). The fraction of sp³-hybridized carbons (Fsp3) is 0.345. The first-order chi connectivity index (χ1) is 18.1. The number of ether oxygens (including phenoxy) is 1. The normalized spacial score (nSPS) is 16.8. The van der Waals surface area contributed by atoms with Crippen molar-refractivity contribution in [3.63, 3.8) is 0 Å². The molecule has 1 aliphatic carbocycles. The molecule has 0 unspecified atom stereocenters. The molecule has 2 aromatic carbocycles. The summed E-state index contributed by atoms with van der Waals surface area (Å²) in [5.41, 5.74) is 10.3. The summed E-state index contributed by atoms with van der Waals surface area (Å²) in [5.74, 6) is 1.71. The van der Waals surface area contributed by atoms with Gasteiger partial charge in [0.2, 0.25) is 0 Å². The second kappa shape index (κ2) is 11.3. The van der Waals surface area contributed by atoms with E-state index in [1.807, 2.05) is 36.4 Å². The van der Waals surface area contributed by atoms with Crippen LogP contribution < -0.4 is 21.1 Å². The SMILES string of the molecule is CCCCNC(=O)NCC1CC(n2cc(-c3cccc(OCc4ccccc4)c3)c3c(N)ncnc32)C1. The van der Waals surface area contributed by atoms with Crippen LogP contribution in [0.15, 0.2) is 67.1 Å². The predicted octanol–water partition coefficient (Wildman–Crippen LogP) is 5.31. The molecule has 0 bridgehead atoms. The van der Waals surface area contributed by atoms with Crippen molar-refractivity contribution in [2.75, 3.05) is 18.8 Å². The number of carbonyl (C=O) groups is 1. The van der Waals surface area contributed by atoms with Crippen LogP contribution in [0, 0.1) is 5.92 Å². The van der Waals surface area contributed by atoms with Gasteiger partial charge in [-0.1, -0.05) is 55.8 Å². The highest BCUT2D eigenvalue weighted by Gasteiger charge is 2.32. The summed E-state index contributed by atoms with van der Waals surface area (Å²) in [6.45, 7) is 4.01. The molecule has 37 heavy (non-hydrogen) atoms. The van der Waals surface area contributed by atoms with E-state index in [-0.39, 0.29) is 6.03 Å². The number of anilines is 1. The van der Waals surface area contributed by atoms with Crippen molar-refractivity contribution in [2.24, 2.45) is 5.92 Å². The van der Waals surface area contributed by atoms with E-state index in [2.05, 4.69) is 56.5 Å². The molecule has 4 N–H and O–H groups in total. The van der Waals surface area contributed by atoms with Gasteiger partial charge in [0, 0.05) is 30.9 Å². The number of amides is 2. The second-order valence-corrected chi connectivity index (χ2v) is 9.69. The van der Waals surface area contributed by atoms with E-state index >= 15 is 0 Å². The van der Waals surface area contributed by atoms with Gasteiger partial charge in [0.15, 0.2) is 0 Å². The van der Waals surface area contributed by atoms with Crippen molar-refractivity contribution in [3.05, 3.63) is 72.7 Å². The molecule has 0 saturated heterocycles. The average molecular weight is 499 g/mol. The molecule has 0 radical (unpaired) electrons. The lowest BCUT2D eigenvalue weighted by Crippen LogP contribution is -2.41. The maximum atomic E-state index is 12.0. The number of carbonyl (C=O) groups excluding carboxylic acids is 1. The molecule has 1 aliphatic rings. The molecule has 2 heterocycles. The predicted molar refractivity (Wildman–Crippen MR) is 146 cm³/mol. The smallest absolute Gasteiger partial charge is 0.314 e. The number of nitrogens with one attached hydrogen (secondary N) is 2. The molecular weight excluding hydrogens is 464 g/mol. The van der Waals surface area contributed by atoms with Gasteiger partial charge in [-0.15, -0.1) is 0 Å². The Bertz CT molecular complexity index is 1350. The molecule has 0 spiro atoms. The fourth-order valence-corrected chi connectivity index (χ4v) is 4.87. The third-order valence-electron chi connectivity index (χ3n) is 7.00. The van der Waals surface area contributed by atoms with E-state index in [1.165, 1.54) is 6.33 Å². The Labute approximate surface area is 217 Å². The van der Waals surface area contributed by atoms with Gasteiger partial charge in [-0.2, -0.15) is 0 Å². The van der Waals surface area contributed by atoms with E-state index in [9.17, 15) is 4.79 Å². The number of nitrogens with two attached hydrogens (primary N) is 1. The van der Waals surface area contributed by atoms with Crippen LogP contribution in [0.2, 0.25) is 0 Å². The summed E-state index contributed by atoms with van der Waals surface area (Å²) < 4.78 is 8.29. The molecular formula is C29H34N6O2. The number of nitrogens with zero attached hydrogens (tertiary/aromatic N) is 3. The van der Waals surface area contributed by atoms with Crippen LogP contribution in [0.4, 0.5) is 10.6 Å². The molecule has 2 amide bonds. The van der Waals surface area contributed by atoms with Gasteiger partial charge in [0.1, 0.15) is 30.1 Å². The Morgan fingerprint density at radius 2 is 1.95 bits per heavy atom. The fourth-order valence-electron chi connectivity index (χ4n) is 4.87. The summed E-state index contributed by atoms with van der Waals surface area (Å²) >= 11 is 0. The summed E-state index contributed by atoms with van der Waals surface area (Å²) in [7, 11) is 0. The van der Waals surface area contributed by atoms with Crippen molar-refractivity contribution in [1.29, 1.82) is 0 Å². The van der Waals surface area contributed by atoms with Gasteiger partial charge in [0.25, 0.3) is 0 Å². The quantitative estimate of drug-likeness (QED) is 0.257. The first kappa shape index (κ1) is 24.6. The van der Waals surface area contributed by atoms with E-state index in [4.69, 9.17) is 10.5 Å². The third-order valence-corrected chi connectivity index (χ3v) is 7.00. The minimum absolute atomic E-state index is 0.0829. The lowest BCUT2D eigenvalue weighted by molar-refractivity contribution is 0.192. The van der Waals surface area contributed by atoms with E-state index in [0.29, 0.717) is 37.5 Å². The maximum absolute atomic E-state index is 12.0. The highest BCUT2D eigenvalue weighted by Crippen LogP contribution is 2.42. The maximum Gasteiger partial charge on any atom is 0.314 e. The average Bonchev–Trinajstić information content (AvgIpc) is 3.28. The Balaban J connectivity index is 1.30. The van der Waals surface area contributed by atoms with Gasteiger partial charge < -0.3 is 25.7 Å². The van der Waals surface area contributed by atoms with E-state index < -0.39 is 0 Å². The zero-order valence-corrected chi connectivity index (χ0v) is 21.2. The van der Waals surface area contributed by atoms with Crippen molar-refractivity contribution < 1.29 is 9.53 Å². The molecule has 8 heteroatoms. The standard InChI is InChI=1S/C29H34N6O2/c1-2-3-12-31-29(36)32-16-21-13-23(14-21)35-17-25(26-27(30)33-19-34-28(26)35)22-10-7-11-24(15-22)37-18-20-8-5-4-6-9-20/h4-11,15,17,19,21,23H,2-3,12-14,16,18H2,1H3,(H2,30,33,34)(H2,31,32,36). The van der Waals surface area contributed by atoms with Gasteiger partial charge in [0.05, 0.1) is 5.39 Å². The third kappa shape index (κ3) is 5.69. The summed E-state index contributed by atoms with van der Waals surface area (Å²) in [4.78, 5) is 20.8. The van der Waals surface area contributed by atoms with Crippen LogP contribution >= 0.6 is 0 Å². The van der Waals surface area contributed by atoms with Gasteiger partial charge >= 0.3 is 6.03 Å². The van der Waals surface area contributed by atoms with Gasteiger partial charge in [-0.3, -0.25) is 0 Å². The summed E-state index contributed by atoms with van der Waals surface area (Å²) in [6.07, 6.45) is 7.67. The van der Waals surface area contributed by atoms with Crippen molar-refractivity contribution in [3.8, 4) is 16.9 Å². The zero-order valence-electron chi connectivity index (χ0n) is 21.2. The molecule has 0 aliphatic heterocycles. The van der Waals surface area contributed by atoms with Crippen molar-refractivity contribution in [2.45, 2.75) is 45.3 Å². The zero-order chi connectivity index (χ0) is 25.6. The number of urea groups is 1. The lowest BCUT2D eigenvalue weighted by atomic mass is 9.80. The molecule has 192 valence electrons. The van der Waals surface area contributed by atoms with Crippen LogP contribution in [0.1, 0.15) is 44.2 Å². The number of rotatable bonds is 10. The molecule has 8 nitrogen and oxygen atoms in total. The number of hydrogen-bond donors (Lipinski definition) is 3. The molecule has 1 saturated carbocycles. The Morgan fingerprint density at radius 1 is 1.11 bits per heavy atom. The number of aromatic nitrogens is 3. The summed E-state index contributed by atoms with van der Waals surface area (Å²) in [6, 6.07) is 18.4. The van der Waals surface area contributed by atoms with E-state index in [0.717, 1.165) is 59.2 Å². The monoisotopic (exact) mass is 498 g/mol. The Kier molecular flexibility index (Phi) is 7.54. The molecule has 0 atom stereocenters. The highest BCUT2D eigenvalue weighted by molar-refractivity contribution is 6.00.